The van der Waals surface area contributed by atoms with Gasteiger partial charge in [0.2, 0.25) is 10.2 Å². The molecule has 0 atom stereocenters. The van der Waals surface area contributed by atoms with Crippen LogP contribution in [0.2, 0.25) is 0 Å². The van der Waals surface area contributed by atoms with Gasteiger partial charge in [0, 0.05) is 18.9 Å². The Labute approximate surface area is 81.9 Å². The molecule has 10 heavy (non-hydrogen) atoms. The normalized spacial score (nSPS) is 8.20. The van der Waals surface area contributed by atoms with Crippen molar-refractivity contribution in [1.82, 2.24) is 0 Å². The van der Waals surface area contributed by atoms with E-state index >= 15 is 0 Å². The molecule has 1 radical (unpaired) electrons. The van der Waals surface area contributed by atoms with Crippen LogP contribution in [0.4, 0.5) is 0 Å². The van der Waals surface area contributed by atoms with Crippen LogP contribution < -0.4 is 0 Å². The van der Waals surface area contributed by atoms with Gasteiger partial charge in [-0.05, 0) is 0 Å². The van der Waals surface area contributed by atoms with Crippen molar-refractivity contribution >= 4 is 54.3 Å². The summed E-state index contributed by atoms with van der Waals surface area (Å²) < 4.78 is 4.50. The average Bonchev–Trinajstić information content (AvgIpc) is 1.63. The Balaban J connectivity index is 0. The summed E-state index contributed by atoms with van der Waals surface area (Å²) in [6, 6.07) is 0. The molecule has 0 saturated carbocycles. The molecule has 0 unspecified atom stereocenters. The zero-order valence-corrected chi connectivity index (χ0v) is 7.32. The van der Waals surface area contributed by atoms with Crippen LogP contribution in [0, 0.1) is 0 Å². The maximum atomic E-state index is 10.0. The van der Waals surface area contributed by atoms with Gasteiger partial charge in [-0.15, -0.1) is 25.3 Å². The molecule has 0 spiro atoms. The second kappa shape index (κ2) is 7.70. The van der Waals surface area contributed by atoms with Gasteiger partial charge in [-0.3, -0.25) is 9.59 Å². The fraction of sp³-hybridized carbons (Fsp3) is 0.500. The summed E-state index contributed by atoms with van der Waals surface area (Å²) in [7, 11) is 0. The van der Waals surface area contributed by atoms with Crippen LogP contribution in [-0.4, -0.2) is 42.3 Å². The summed E-state index contributed by atoms with van der Waals surface area (Å²) in [5.74, 6) is 0. The van der Waals surface area contributed by atoms with Gasteiger partial charge in [0.15, 0.2) is 0 Å². The van der Waals surface area contributed by atoms with Gasteiger partial charge in [0.05, 0.1) is 0 Å². The van der Waals surface area contributed by atoms with Gasteiger partial charge in [-0.2, -0.15) is 0 Å². The van der Waals surface area contributed by atoms with E-state index in [0.29, 0.717) is 0 Å². The third-order valence-corrected chi connectivity index (χ3v) is 0.709. The van der Waals surface area contributed by atoms with Crippen molar-refractivity contribution in [3.63, 3.8) is 0 Å². The van der Waals surface area contributed by atoms with E-state index in [1.807, 2.05) is 0 Å². The Kier molecular flexibility index (Phi) is 10.2. The van der Waals surface area contributed by atoms with E-state index in [-0.39, 0.29) is 32.1 Å². The van der Waals surface area contributed by atoms with Crippen LogP contribution in [0.3, 0.4) is 0 Å². The molecule has 0 aliphatic rings. The van der Waals surface area contributed by atoms with Gasteiger partial charge >= 0.3 is 0 Å². The second-order valence-corrected chi connectivity index (χ2v) is 2.28. The van der Waals surface area contributed by atoms with Gasteiger partial charge in [-0.1, -0.05) is 0 Å². The third-order valence-electron chi connectivity index (χ3n) is 0.451. The van der Waals surface area contributed by atoms with Gasteiger partial charge in [0.25, 0.3) is 0 Å². The van der Waals surface area contributed by atoms with Crippen molar-refractivity contribution in [2.75, 3.05) is 13.2 Å². The number of hydrogen-bond donors (Lipinski definition) is 2. The Hall–Kier alpha value is 0.597. The fourth-order valence-electron chi connectivity index (χ4n) is 0.226. The first-order chi connectivity index (χ1) is 4.13. The number of ether oxygens (including phenoxy) is 1. The summed E-state index contributed by atoms with van der Waals surface area (Å²) >= 11 is 6.80. The SMILES string of the molecule is O=C(S)COCC(=O)S.[Li]. The molecule has 0 fully saturated rings. The van der Waals surface area contributed by atoms with Crippen LogP contribution in [0.25, 0.3) is 0 Å². The fourth-order valence-corrected chi connectivity index (χ4v) is 0.408. The molecule has 53 valence electrons. The Bertz CT molecular complexity index is 114. The minimum atomic E-state index is -0.399. The summed E-state index contributed by atoms with van der Waals surface area (Å²) in [5, 5.41) is -0.797. The molecule has 0 heterocycles. The first-order valence-electron chi connectivity index (χ1n) is 2.14. The van der Waals surface area contributed by atoms with Crippen LogP contribution in [0.1, 0.15) is 0 Å². The molecule has 0 rings (SSSR count). The predicted octanol–water partition coefficient (Wildman–Crippen LogP) is -0.465. The Morgan fingerprint density at radius 1 is 1.10 bits per heavy atom. The largest absolute Gasteiger partial charge is 0.364 e. The zero-order chi connectivity index (χ0) is 7.28. The number of carbonyl (C=O) groups excluding carboxylic acids is 2. The van der Waals surface area contributed by atoms with E-state index in [4.69, 9.17) is 0 Å². The molecule has 0 bridgehead atoms. The quantitative estimate of drug-likeness (QED) is 0.446. The monoisotopic (exact) mass is 173 g/mol. The van der Waals surface area contributed by atoms with E-state index in [2.05, 4.69) is 30.0 Å². The minimum absolute atomic E-state index is 0. The van der Waals surface area contributed by atoms with E-state index in [0.717, 1.165) is 0 Å². The second-order valence-electron chi connectivity index (χ2n) is 1.28. The van der Waals surface area contributed by atoms with Crippen molar-refractivity contribution in [1.29, 1.82) is 0 Å². The van der Waals surface area contributed by atoms with Crippen molar-refractivity contribution in [2.45, 2.75) is 0 Å². The smallest absolute Gasteiger partial charge is 0.211 e. The van der Waals surface area contributed by atoms with Gasteiger partial charge in [-0.25, -0.2) is 0 Å². The molecule has 0 aromatic rings. The summed E-state index contributed by atoms with van der Waals surface area (Å²) in [6.45, 7) is -0.287. The summed E-state index contributed by atoms with van der Waals surface area (Å²) in [4.78, 5) is 20.1. The first-order valence-corrected chi connectivity index (χ1v) is 3.03. The standard InChI is InChI=1S/C4H6O3S2.Li/c5-3(8)1-7-2-4(6)9;/h1-2H2,(H,5,8)(H,6,9);. The molecule has 0 amide bonds. The zero-order valence-electron chi connectivity index (χ0n) is 5.53. The van der Waals surface area contributed by atoms with Crippen molar-refractivity contribution in [2.24, 2.45) is 0 Å². The van der Waals surface area contributed by atoms with Crippen molar-refractivity contribution in [3.05, 3.63) is 0 Å². The molecular formula is C4H6LiO3S2. The molecule has 0 aromatic carbocycles. The first kappa shape index (κ1) is 13.2. The van der Waals surface area contributed by atoms with Crippen LogP contribution in [-0.2, 0) is 14.3 Å². The molecular weight excluding hydrogens is 167 g/mol. The van der Waals surface area contributed by atoms with E-state index in [1.165, 1.54) is 0 Å². The molecule has 0 aliphatic carbocycles. The van der Waals surface area contributed by atoms with Crippen LogP contribution in [0.5, 0.6) is 0 Å². The maximum Gasteiger partial charge on any atom is 0.211 e. The number of carbonyl (C=O) groups is 2. The van der Waals surface area contributed by atoms with Crippen molar-refractivity contribution in [3.8, 4) is 0 Å². The number of rotatable bonds is 4. The average molecular weight is 173 g/mol. The topological polar surface area (TPSA) is 43.4 Å². The Morgan fingerprint density at radius 3 is 1.60 bits per heavy atom. The van der Waals surface area contributed by atoms with E-state index in [9.17, 15) is 9.59 Å². The minimum Gasteiger partial charge on any atom is -0.364 e. The van der Waals surface area contributed by atoms with Crippen LogP contribution in [0.15, 0.2) is 0 Å². The summed E-state index contributed by atoms with van der Waals surface area (Å²) in [5.41, 5.74) is 0. The molecule has 0 aromatic heterocycles. The molecule has 0 N–H and O–H groups in total. The van der Waals surface area contributed by atoms with Gasteiger partial charge < -0.3 is 4.74 Å². The maximum absolute atomic E-state index is 10.0. The van der Waals surface area contributed by atoms with Crippen molar-refractivity contribution < 1.29 is 14.3 Å². The van der Waals surface area contributed by atoms with Gasteiger partial charge in [0.1, 0.15) is 13.2 Å². The molecule has 3 nitrogen and oxygen atoms in total. The van der Waals surface area contributed by atoms with Crippen LogP contribution >= 0.6 is 25.3 Å². The number of hydrogen-bond acceptors (Lipinski definition) is 3. The number of thiol groups is 2. The Morgan fingerprint density at radius 2 is 1.40 bits per heavy atom. The van der Waals surface area contributed by atoms with E-state index < -0.39 is 10.2 Å². The third kappa shape index (κ3) is 11.4. The van der Waals surface area contributed by atoms with E-state index in [1.54, 1.807) is 0 Å². The molecule has 0 saturated heterocycles. The molecule has 0 aliphatic heterocycles. The summed E-state index contributed by atoms with van der Waals surface area (Å²) in [6.07, 6.45) is 0. The molecule has 6 heteroatoms. The predicted molar refractivity (Wildman–Crippen MR) is 44.6 cm³/mol.